The molecule has 1 aromatic rings. The number of benzene rings is 1. The van der Waals surface area contributed by atoms with Crippen molar-refractivity contribution in [3.05, 3.63) is 29.3 Å². The molecule has 0 spiro atoms. The van der Waals surface area contributed by atoms with Crippen LogP contribution in [0.2, 0.25) is 0 Å². The smallest absolute Gasteiger partial charge is 0.416 e. The Morgan fingerprint density at radius 1 is 1.08 bits per heavy atom. The molecule has 1 saturated heterocycles. The fourth-order valence-electron chi connectivity index (χ4n) is 2.30. The van der Waals surface area contributed by atoms with Gasteiger partial charge in [0.2, 0.25) is 0 Å². The van der Waals surface area contributed by atoms with Gasteiger partial charge in [-0.3, -0.25) is 4.79 Å². The number of carbonyl (C=O) groups excluding carboxylic acids is 1. The van der Waals surface area contributed by atoms with E-state index in [-0.39, 0.29) is 19.0 Å². The Balaban J connectivity index is 2.22. The van der Waals surface area contributed by atoms with Gasteiger partial charge < -0.3 is 14.8 Å². The van der Waals surface area contributed by atoms with Crippen LogP contribution in [0, 0.1) is 0 Å². The van der Waals surface area contributed by atoms with Crippen LogP contribution in [0.3, 0.4) is 0 Å². The van der Waals surface area contributed by atoms with Crippen LogP contribution < -0.4 is 10.1 Å². The van der Waals surface area contributed by atoms with Gasteiger partial charge in [0.05, 0.1) is 18.2 Å². The third-order valence-corrected chi connectivity index (χ3v) is 3.44. The summed E-state index contributed by atoms with van der Waals surface area (Å²) in [6.07, 6.45) is -10.6. The molecule has 1 N–H and O–H groups in total. The summed E-state index contributed by atoms with van der Waals surface area (Å²) >= 11 is 0. The number of halogens is 6. The van der Waals surface area contributed by atoms with E-state index in [1.54, 1.807) is 0 Å². The van der Waals surface area contributed by atoms with Gasteiger partial charge in [-0.25, -0.2) is 0 Å². The van der Waals surface area contributed by atoms with E-state index in [4.69, 9.17) is 4.74 Å². The molecule has 24 heavy (non-hydrogen) atoms. The Hall–Kier alpha value is -1.97. The maximum Gasteiger partial charge on any atom is 0.416 e. The monoisotopic (exact) mass is 357 g/mol. The number of hydrogen-bond donors (Lipinski definition) is 1. The zero-order chi connectivity index (χ0) is 18.1. The molecule has 1 heterocycles. The fraction of sp³-hybridized carbons (Fsp3) is 0.500. The van der Waals surface area contributed by atoms with Crippen molar-refractivity contribution in [1.29, 1.82) is 0 Å². The number of carbonyl (C=O) groups is 1. The highest BCUT2D eigenvalue weighted by Crippen LogP contribution is 2.38. The molecule has 0 aliphatic carbocycles. The second-order valence-electron chi connectivity index (χ2n) is 5.20. The van der Waals surface area contributed by atoms with E-state index < -0.39 is 47.3 Å². The Morgan fingerprint density at radius 3 is 2.08 bits per heavy atom. The van der Waals surface area contributed by atoms with Crippen molar-refractivity contribution in [1.82, 2.24) is 5.32 Å². The summed E-state index contributed by atoms with van der Waals surface area (Å²) in [6, 6.07) is 0.311. The summed E-state index contributed by atoms with van der Waals surface area (Å²) < 4.78 is 86.3. The van der Waals surface area contributed by atoms with E-state index in [9.17, 15) is 31.1 Å². The van der Waals surface area contributed by atoms with E-state index in [1.807, 2.05) is 0 Å². The van der Waals surface area contributed by atoms with Crippen molar-refractivity contribution < 1.29 is 40.6 Å². The molecular weight excluding hydrogens is 344 g/mol. The first-order valence-electron chi connectivity index (χ1n) is 6.78. The normalized spacial score (nSPS) is 21.6. The molecule has 0 bridgehead atoms. The van der Waals surface area contributed by atoms with Crippen LogP contribution in [0.15, 0.2) is 18.2 Å². The highest BCUT2D eigenvalue weighted by molar-refractivity contribution is 5.76. The summed E-state index contributed by atoms with van der Waals surface area (Å²) in [4.78, 5) is 11.3. The van der Waals surface area contributed by atoms with Crippen LogP contribution in [0.25, 0.3) is 0 Å². The molecule has 0 amide bonds. The lowest BCUT2D eigenvalue weighted by Gasteiger charge is -2.17. The van der Waals surface area contributed by atoms with Crippen LogP contribution >= 0.6 is 0 Å². The standard InChI is InChI=1S/C14H13F6NO3/c1-23-12(22)11-5-10(6-21-11)24-9-3-7(13(15,16)17)2-8(4-9)14(18,19)20/h2-4,10-11,21H,5-6H2,1H3. The third kappa shape index (κ3) is 4.31. The van der Waals surface area contributed by atoms with E-state index in [1.165, 1.54) is 7.11 Å². The Bertz CT molecular complexity index is 581. The number of hydrogen-bond acceptors (Lipinski definition) is 4. The summed E-state index contributed by atoms with van der Waals surface area (Å²) in [6.45, 7) is 0.0946. The van der Waals surface area contributed by atoms with Gasteiger partial charge in [0.25, 0.3) is 0 Å². The molecule has 134 valence electrons. The number of alkyl halides is 6. The minimum atomic E-state index is -4.94. The van der Waals surface area contributed by atoms with E-state index >= 15 is 0 Å². The molecule has 0 saturated carbocycles. The van der Waals surface area contributed by atoms with Gasteiger partial charge in [-0.15, -0.1) is 0 Å². The molecule has 0 radical (unpaired) electrons. The second kappa shape index (κ2) is 6.50. The van der Waals surface area contributed by atoms with Gasteiger partial charge in [-0.2, -0.15) is 26.3 Å². The van der Waals surface area contributed by atoms with E-state index in [0.717, 1.165) is 0 Å². The van der Waals surface area contributed by atoms with Gasteiger partial charge in [0, 0.05) is 13.0 Å². The summed E-state index contributed by atoms with van der Waals surface area (Å²) in [5.41, 5.74) is -2.91. The van der Waals surface area contributed by atoms with Crippen LogP contribution in [0.1, 0.15) is 17.5 Å². The van der Waals surface area contributed by atoms with Crippen LogP contribution in [-0.2, 0) is 21.9 Å². The highest BCUT2D eigenvalue weighted by Gasteiger charge is 2.38. The first-order valence-corrected chi connectivity index (χ1v) is 6.78. The van der Waals surface area contributed by atoms with Crippen molar-refractivity contribution >= 4 is 5.97 Å². The van der Waals surface area contributed by atoms with Crippen molar-refractivity contribution in [3.63, 3.8) is 0 Å². The quantitative estimate of drug-likeness (QED) is 0.667. The minimum Gasteiger partial charge on any atom is -0.489 e. The molecule has 1 fully saturated rings. The molecular formula is C14H13F6NO3. The van der Waals surface area contributed by atoms with Crippen LogP contribution in [-0.4, -0.2) is 31.8 Å². The zero-order valence-electron chi connectivity index (χ0n) is 12.3. The van der Waals surface area contributed by atoms with Crippen molar-refractivity contribution in [2.24, 2.45) is 0 Å². The molecule has 10 heteroatoms. The zero-order valence-corrected chi connectivity index (χ0v) is 12.3. The lowest BCUT2D eigenvalue weighted by Crippen LogP contribution is -2.31. The first kappa shape index (κ1) is 18.4. The van der Waals surface area contributed by atoms with Gasteiger partial charge in [-0.1, -0.05) is 0 Å². The van der Waals surface area contributed by atoms with Gasteiger partial charge in [0.15, 0.2) is 0 Å². The van der Waals surface area contributed by atoms with Crippen molar-refractivity contribution in [3.8, 4) is 5.75 Å². The van der Waals surface area contributed by atoms with Crippen LogP contribution in [0.5, 0.6) is 5.75 Å². The lowest BCUT2D eigenvalue weighted by molar-refractivity contribution is -0.144. The predicted octanol–water partition coefficient (Wildman–Crippen LogP) is 3.01. The maximum atomic E-state index is 12.8. The molecule has 1 aromatic carbocycles. The van der Waals surface area contributed by atoms with Crippen molar-refractivity contribution in [2.45, 2.75) is 30.9 Å². The maximum absolute atomic E-state index is 12.8. The summed E-state index contributed by atoms with van der Waals surface area (Å²) in [7, 11) is 1.17. The molecule has 2 unspecified atom stereocenters. The molecule has 1 aliphatic heterocycles. The Kier molecular flexibility index (Phi) is 4.97. The van der Waals surface area contributed by atoms with Gasteiger partial charge in [0.1, 0.15) is 17.9 Å². The SMILES string of the molecule is COC(=O)C1CC(Oc2cc(C(F)(F)F)cc(C(F)(F)F)c2)CN1. The topological polar surface area (TPSA) is 47.6 Å². The van der Waals surface area contributed by atoms with Crippen LogP contribution in [0.4, 0.5) is 26.3 Å². The fourth-order valence-corrected chi connectivity index (χ4v) is 2.30. The second-order valence-corrected chi connectivity index (χ2v) is 5.20. The largest absolute Gasteiger partial charge is 0.489 e. The summed E-state index contributed by atoms with van der Waals surface area (Å²) in [5, 5.41) is 2.72. The van der Waals surface area contributed by atoms with E-state index in [2.05, 4.69) is 10.1 Å². The Morgan fingerprint density at radius 2 is 1.62 bits per heavy atom. The Labute approximate surface area is 132 Å². The highest BCUT2D eigenvalue weighted by atomic mass is 19.4. The minimum absolute atomic E-state index is 0.0248. The number of esters is 1. The number of rotatable bonds is 3. The summed E-state index contributed by atoms with van der Waals surface area (Å²) in [5.74, 6) is -1.14. The first-order chi connectivity index (χ1) is 11.0. The van der Waals surface area contributed by atoms with Gasteiger partial charge >= 0.3 is 18.3 Å². The van der Waals surface area contributed by atoms with E-state index in [0.29, 0.717) is 12.1 Å². The number of nitrogens with one attached hydrogen (secondary N) is 1. The number of methoxy groups -OCH3 is 1. The predicted molar refractivity (Wildman–Crippen MR) is 69.3 cm³/mol. The van der Waals surface area contributed by atoms with Crippen molar-refractivity contribution in [2.75, 3.05) is 13.7 Å². The molecule has 1 aliphatic rings. The molecule has 2 rings (SSSR count). The average molecular weight is 357 g/mol. The van der Waals surface area contributed by atoms with Gasteiger partial charge in [-0.05, 0) is 18.2 Å². The number of ether oxygens (including phenoxy) is 2. The molecule has 2 atom stereocenters. The third-order valence-electron chi connectivity index (χ3n) is 3.44. The lowest BCUT2D eigenvalue weighted by atomic mass is 10.1. The average Bonchev–Trinajstić information content (AvgIpc) is 2.92. The molecule has 0 aromatic heterocycles. The molecule has 4 nitrogen and oxygen atoms in total.